The highest BCUT2D eigenvalue weighted by atomic mass is 32.2. The van der Waals surface area contributed by atoms with Crippen molar-refractivity contribution >= 4 is 39.1 Å². The molecule has 0 aromatic heterocycles. The Balaban J connectivity index is 1.22. The van der Waals surface area contributed by atoms with Crippen molar-refractivity contribution in [2.75, 3.05) is 78.4 Å². The van der Waals surface area contributed by atoms with Gasteiger partial charge >= 0.3 is 0 Å². The molecule has 2 aromatic rings. The number of β-amino-alcohol motifs (C(OH)–C–C–N with tert-alkyl or cyclic N) is 1. The molecule has 5 rings (SSSR count). The zero-order valence-corrected chi connectivity index (χ0v) is 36.8. The first-order valence-electron chi connectivity index (χ1n) is 21.9. The molecular weight excluding hydrogens is 755 g/mol. The summed E-state index contributed by atoms with van der Waals surface area (Å²) in [5.74, 6) is 0.676. The molecule has 0 bridgehead atoms. The number of aliphatic imine (C=N–C) groups is 1. The van der Waals surface area contributed by atoms with E-state index in [0.717, 1.165) is 71.5 Å². The maximum absolute atomic E-state index is 14.4. The van der Waals surface area contributed by atoms with E-state index in [0.29, 0.717) is 59.4 Å². The van der Waals surface area contributed by atoms with Crippen LogP contribution < -0.4 is 4.74 Å². The van der Waals surface area contributed by atoms with Gasteiger partial charge in [0.1, 0.15) is 12.0 Å². The van der Waals surface area contributed by atoms with Crippen molar-refractivity contribution in [3.05, 3.63) is 52.9 Å². The quantitative estimate of drug-likeness (QED) is 0.0724. The van der Waals surface area contributed by atoms with E-state index < -0.39 is 21.0 Å². The van der Waals surface area contributed by atoms with Crippen molar-refractivity contribution in [2.24, 2.45) is 4.99 Å². The Morgan fingerprint density at radius 1 is 0.825 bits per heavy atom. The summed E-state index contributed by atoms with van der Waals surface area (Å²) >= 11 is -1.26. The van der Waals surface area contributed by atoms with E-state index in [9.17, 15) is 18.1 Å². The predicted octanol–water partition coefficient (Wildman–Crippen LogP) is 7.76. The first-order chi connectivity index (χ1) is 27.7. The van der Waals surface area contributed by atoms with Gasteiger partial charge in [0.05, 0.1) is 34.4 Å². The molecular formula is C45H71N5O5S2. The normalized spacial score (nSPS) is 19.4. The summed E-state index contributed by atoms with van der Waals surface area (Å²) in [6, 6.07) is 13.3. The smallest absolute Gasteiger partial charge is 0.204 e. The lowest BCUT2D eigenvalue weighted by Crippen LogP contribution is -2.55. The van der Waals surface area contributed by atoms with Crippen molar-refractivity contribution in [3.8, 4) is 5.75 Å². The third kappa shape index (κ3) is 13.0. The summed E-state index contributed by atoms with van der Waals surface area (Å²) in [6.07, 6.45) is 18.5. The molecule has 3 fully saturated rings. The van der Waals surface area contributed by atoms with Crippen LogP contribution in [0, 0.1) is 0 Å². The van der Waals surface area contributed by atoms with Crippen LogP contribution in [-0.2, 0) is 21.0 Å². The van der Waals surface area contributed by atoms with E-state index in [1.54, 1.807) is 49.6 Å². The molecule has 12 heteroatoms. The molecule has 0 radical (unpaired) electrons. The van der Waals surface area contributed by atoms with E-state index in [1.807, 2.05) is 6.07 Å². The molecule has 3 saturated heterocycles. The summed E-state index contributed by atoms with van der Waals surface area (Å²) in [5.41, 5.74) is 1.84. The van der Waals surface area contributed by atoms with E-state index in [2.05, 4.69) is 38.2 Å². The highest BCUT2D eigenvalue weighted by molar-refractivity contribution is 7.95. The maximum Gasteiger partial charge on any atom is 0.204 e. The van der Waals surface area contributed by atoms with Crippen LogP contribution in [0.3, 0.4) is 0 Å². The second kappa shape index (κ2) is 23.4. The number of allylic oxidation sites excluding steroid dienone is 1. The van der Waals surface area contributed by atoms with Gasteiger partial charge in [-0.1, -0.05) is 64.7 Å². The molecule has 2 aromatic carbocycles. The van der Waals surface area contributed by atoms with Crippen molar-refractivity contribution in [1.29, 1.82) is 0 Å². The fourth-order valence-corrected chi connectivity index (χ4v) is 10.9. The number of piperidine rings is 2. The molecule has 1 atom stereocenters. The van der Waals surface area contributed by atoms with Gasteiger partial charge in [-0.3, -0.25) is 14.8 Å². The maximum atomic E-state index is 14.4. The van der Waals surface area contributed by atoms with Gasteiger partial charge in [-0.15, -0.1) is 0 Å². The van der Waals surface area contributed by atoms with E-state index >= 15 is 0 Å². The van der Waals surface area contributed by atoms with E-state index in [1.165, 1.54) is 64.2 Å². The lowest BCUT2D eigenvalue weighted by molar-refractivity contribution is 0.0345. The summed E-state index contributed by atoms with van der Waals surface area (Å²) in [7, 11) is -3.90. The van der Waals surface area contributed by atoms with Crippen LogP contribution in [-0.4, -0.2) is 135 Å². The Morgan fingerprint density at radius 2 is 1.39 bits per heavy atom. The van der Waals surface area contributed by atoms with Crippen molar-refractivity contribution in [1.82, 2.24) is 19.6 Å². The van der Waals surface area contributed by atoms with Gasteiger partial charge in [-0.2, -0.15) is 0 Å². The number of piperazine rings is 1. The number of ether oxygens (including phenoxy) is 1. The first-order valence-corrected chi connectivity index (χ1v) is 24.9. The lowest BCUT2D eigenvalue weighted by atomic mass is 9.95. The summed E-state index contributed by atoms with van der Waals surface area (Å²) in [4.78, 5) is 15.3. The van der Waals surface area contributed by atoms with Gasteiger partial charge in [0.2, 0.25) is 9.84 Å². The van der Waals surface area contributed by atoms with Crippen LogP contribution in [0.5, 0.6) is 5.75 Å². The number of likely N-dealkylation sites (tertiary alicyclic amines) is 2. The van der Waals surface area contributed by atoms with Gasteiger partial charge in [0.15, 0.2) is 4.90 Å². The van der Waals surface area contributed by atoms with Crippen molar-refractivity contribution < 1.29 is 22.8 Å². The fourth-order valence-electron chi connectivity index (χ4n) is 8.97. The van der Waals surface area contributed by atoms with Crippen LogP contribution in [0.4, 0.5) is 5.69 Å². The molecule has 1 N–H and O–H groups in total. The zero-order chi connectivity index (χ0) is 40.6. The molecule has 3 heterocycles. The lowest BCUT2D eigenvalue weighted by Gasteiger charge is -2.46. The molecule has 0 spiro atoms. The second-order valence-electron chi connectivity index (χ2n) is 16.3. The molecule has 3 aliphatic heterocycles. The zero-order valence-electron chi connectivity index (χ0n) is 35.2. The average molecular weight is 826 g/mol. The SMILES string of the molecule is C=Nc1ccc([S+](C)[O-])cc1/C(=C(\C)S(=O)(=O)c1ccc(OCCCCCCCCCCCC)cc1)N1CCC(N2CCC(N3CCN(CCO)CC3)CC2)CC1. The number of aliphatic hydroxyl groups is 1. The van der Waals surface area contributed by atoms with Crippen molar-refractivity contribution in [2.45, 2.75) is 126 Å². The Morgan fingerprint density at radius 3 is 1.95 bits per heavy atom. The number of hydrogen-bond donors (Lipinski definition) is 1. The summed E-state index contributed by atoms with van der Waals surface area (Å²) < 4.78 is 47.6. The van der Waals surface area contributed by atoms with E-state index in [-0.39, 0.29) is 16.4 Å². The second-order valence-corrected chi connectivity index (χ2v) is 19.8. The van der Waals surface area contributed by atoms with Gasteiger partial charge < -0.3 is 24.2 Å². The first kappa shape index (κ1) is 45.6. The van der Waals surface area contributed by atoms with Gasteiger partial charge in [-0.05, 0) is 106 Å². The average Bonchev–Trinajstić information content (AvgIpc) is 3.23. The van der Waals surface area contributed by atoms with Crippen LogP contribution in [0.25, 0.3) is 5.70 Å². The van der Waals surface area contributed by atoms with Crippen LogP contribution in [0.2, 0.25) is 0 Å². The number of benzene rings is 2. The Bertz CT molecular complexity index is 1650. The van der Waals surface area contributed by atoms with Crippen molar-refractivity contribution in [3.63, 3.8) is 0 Å². The number of sulfone groups is 1. The number of nitrogens with zero attached hydrogens (tertiary/aromatic N) is 5. The minimum absolute atomic E-state index is 0.222. The fraction of sp³-hybridized carbons (Fsp3) is 0.667. The molecule has 0 amide bonds. The Labute approximate surface area is 347 Å². The van der Waals surface area contributed by atoms with Gasteiger partial charge in [-0.25, -0.2) is 8.42 Å². The standard InChI is InChI=1S/C45H71N5O5S2/c1-5-6-7-8-9-10-11-12-13-14-35-55-40-15-18-42(19-16-40)57(53,54)37(2)45(43-36-41(56(4)52)17-20-44(43)46-3)50-27-23-38(24-28-50)48-25-21-39(22-26-48)49-31-29-47(30-32-49)33-34-51/h15-20,36,38-39,51H,3,5-14,21-35H2,1-2,4H3/b45-37-. The topological polar surface area (TPSA) is 112 Å². The monoisotopic (exact) mass is 825 g/mol. The molecule has 0 aliphatic carbocycles. The molecule has 3 aliphatic rings. The number of aliphatic hydroxyl groups excluding tert-OH is 1. The third-order valence-corrected chi connectivity index (χ3v) is 15.3. The van der Waals surface area contributed by atoms with Crippen LogP contribution in [0.15, 0.2) is 62.2 Å². The molecule has 0 saturated carbocycles. The number of rotatable bonds is 22. The minimum Gasteiger partial charge on any atom is -0.612 e. The minimum atomic E-state index is -3.90. The highest BCUT2D eigenvalue weighted by Gasteiger charge is 2.34. The molecule has 318 valence electrons. The van der Waals surface area contributed by atoms with Crippen LogP contribution >= 0.6 is 0 Å². The molecule has 1 unspecified atom stereocenters. The van der Waals surface area contributed by atoms with E-state index in [4.69, 9.17) is 4.74 Å². The summed E-state index contributed by atoms with van der Waals surface area (Å²) in [6.45, 7) is 17.2. The largest absolute Gasteiger partial charge is 0.612 e. The van der Waals surface area contributed by atoms with Crippen LogP contribution in [0.1, 0.15) is 109 Å². The van der Waals surface area contributed by atoms with Gasteiger partial charge in [0.25, 0.3) is 0 Å². The Kier molecular flexibility index (Phi) is 18.7. The summed E-state index contributed by atoms with van der Waals surface area (Å²) in [5, 5.41) is 9.31. The molecule has 10 nitrogen and oxygen atoms in total. The number of hydrogen-bond acceptors (Lipinski definition) is 10. The predicted molar refractivity (Wildman–Crippen MR) is 236 cm³/mol. The molecule has 57 heavy (non-hydrogen) atoms. The Hall–Kier alpha value is -2.45. The van der Waals surface area contributed by atoms with Gasteiger partial charge in [0, 0.05) is 69.5 Å². The highest BCUT2D eigenvalue weighted by Crippen LogP contribution is 2.38. The third-order valence-electron chi connectivity index (χ3n) is 12.5. The number of unbranched alkanes of at least 4 members (excludes halogenated alkanes) is 9.